The molecule has 0 aromatic heterocycles. The van der Waals surface area contributed by atoms with E-state index in [1.807, 2.05) is 0 Å². The van der Waals surface area contributed by atoms with Crippen LogP contribution in [0.25, 0.3) is 0 Å². The Morgan fingerprint density at radius 1 is 1.38 bits per heavy atom. The van der Waals surface area contributed by atoms with Gasteiger partial charge in [0.05, 0.1) is 30.5 Å². The molecule has 2 heterocycles. The van der Waals surface area contributed by atoms with Crippen molar-refractivity contribution in [3.63, 3.8) is 0 Å². The minimum Gasteiger partial charge on any atom is -0.394 e. The summed E-state index contributed by atoms with van der Waals surface area (Å²) in [6.45, 7) is 5.09. The van der Waals surface area contributed by atoms with E-state index >= 15 is 0 Å². The first-order chi connectivity index (χ1) is 6.10. The number of ether oxygens (including phenoxy) is 2. The van der Waals surface area contributed by atoms with Crippen LogP contribution >= 0.6 is 0 Å². The molecule has 13 heavy (non-hydrogen) atoms. The van der Waals surface area contributed by atoms with Crippen LogP contribution in [0.2, 0.25) is 0 Å². The fraction of sp³-hybridized carbons (Fsp3) is 1.00. The molecule has 2 rings (SSSR count). The van der Waals surface area contributed by atoms with Gasteiger partial charge in [0.2, 0.25) is 0 Å². The van der Waals surface area contributed by atoms with E-state index in [4.69, 9.17) is 14.6 Å². The number of aliphatic hydroxyl groups excluding tert-OH is 1. The topological polar surface area (TPSA) is 38.7 Å². The zero-order chi connectivity index (χ0) is 9.53. The lowest BCUT2D eigenvalue weighted by Crippen LogP contribution is -2.46. The van der Waals surface area contributed by atoms with Crippen molar-refractivity contribution in [1.82, 2.24) is 0 Å². The SMILES string of the molecule is CC1(C)OCC[C@@]12CC[C@@H](CO)O2. The second-order valence-electron chi connectivity index (χ2n) is 4.56. The second kappa shape index (κ2) is 2.94. The van der Waals surface area contributed by atoms with Gasteiger partial charge in [0.1, 0.15) is 0 Å². The molecule has 0 radical (unpaired) electrons. The number of hydrogen-bond donors (Lipinski definition) is 1. The number of aliphatic hydroxyl groups is 1. The van der Waals surface area contributed by atoms with Crippen LogP contribution in [0.1, 0.15) is 33.1 Å². The molecular formula is C10H18O3. The van der Waals surface area contributed by atoms with Gasteiger partial charge in [0.25, 0.3) is 0 Å². The normalized spacial score (nSPS) is 43.2. The molecule has 3 nitrogen and oxygen atoms in total. The van der Waals surface area contributed by atoms with E-state index in [1.165, 1.54) is 0 Å². The smallest absolute Gasteiger partial charge is 0.0993 e. The summed E-state index contributed by atoms with van der Waals surface area (Å²) in [5.41, 5.74) is -0.308. The summed E-state index contributed by atoms with van der Waals surface area (Å²) in [6.07, 6.45) is 2.98. The lowest BCUT2D eigenvalue weighted by Gasteiger charge is -2.36. The van der Waals surface area contributed by atoms with Gasteiger partial charge in [-0.1, -0.05) is 0 Å². The fourth-order valence-corrected chi connectivity index (χ4v) is 2.49. The van der Waals surface area contributed by atoms with Crippen molar-refractivity contribution in [3.8, 4) is 0 Å². The summed E-state index contributed by atoms with van der Waals surface area (Å²) >= 11 is 0. The largest absolute Gasteiger partial charge is 0.394 e. The summed E-state index contributed by atoms with van der Waals surface area (Å²) < 4.78 is 11.6. The molecule has 0 bridgehead atoms. The molecule has 2 atom stereocenters. The van der Waals surface area contributed by atoms with Crippen molar-refractivity contribution in [2.24, 2.45) is 0 Å². The Balaban J connectivity index is 2.13. The predicted molar refractivity (Wildman–Crippen MR) is 48.6 cm³/mol. The lowest BCUT2D eigenvalue weighted by molar-refractivity contribution is -0.136. The molecule has 0 aromatic rings. The van der Waals surface area contributed by atoms with E-state index in [2.05, 4.69) is 13.8 Å². The first-order valence-corrected chi connectivity index (χ1v) is 5.02. The molecule has 2 aliphatic rings. The molecule has 0 saturated carbocycles. The number of rotatable bonds is 1. The highest BCUT2D eigenvalue weighted by Gasteiger charge is 2.55. The van der Waals surface area contributed by atoms with Crippen molar-refractivity contribution < 1.29 is 14.6 Å². The third kappa shape index (κ3) is 1.30. The van der Waals surface area contributed by atoms with Crippen LogP contribution in [0.15, 0.2) is 0 Å². The van der Waals surface area contributed by atoms with E-state index in [0.717, 1.165) is 25.9 Å². The monoisotopic (exact) mass is 186 g/mol. The maximum atomic E-state index is 9.01. The van der Waals surface area contributed by atoms with Crippen molar-refractivity contribution in [1.29, 1.82) is 0 Å². The highest BCUT2D eigenvalue weighted by atomic mass is 16.6. The van der Waals surface area contributed by atoms with Gasteiger partial charge in [-0.05, 0) is 26.7 Å². The summed E-state index contributed by atoms with van der Waals surface area (Å²) in [7, 11) is 0. The maximum Gasteiger partial charge on any atom is 0.0993 e. The maximum absolute atomic E-state index is 9.01. The van der Waals surface area contributed by atoms with Gasteiger partial charge in [0.15, 0.2) is 0 Å². The number of hydrogen-bond acceptors (Lipinski definition) is 3. The molecule has 0 aromatic carbocycles. The third-order valence-corrected chi connectivity index (χ3v) is 3.53. The van der Waals surface area contributed by atoms with Crippen LogP contribution in [0, 0.1) is 0 Å². The van der Waals surface area contributed by atoms with Gasteiger partial charge < -0.3 is 14.6 Å². The Kier molecular flexibility index (Phi) is 2.13. The first kappa shape index (κ1) is 9.44. The lowest BCUT2D eigenvalue weighted by atomic mass is 9.83. The molecule has 3 heteroatoms. The minimum absolute atomic E-state index is 0.0287. The molecule has 1 N–H and O–H groups in total. The van der Waals surface area contributed by atoms with Crippen LogP contribution in [0.5, 0.6) is 0 Å². The Morgan fingerprint density at radius 3 is 2.62 bits per heavy atom. The quantitative estimate of drug-likeness (QED) is 0.666. The third-order valence-electron chi connectivity index (χ3n) is 3.53. The molecule has 76 valence electrons. The van der Waals surface area contributed by atoms with E-state index in [1.54, 1.807) is 0 Å². The van der Waals surface area contributed by atoms with E-state index in [0.29, 0.717) is 0 Å². The Bertz CT molecular complexity index is 202. The Morgan fingerprint density at radius 2 is 2.15 bits per heavy atom. The average Bonchev–Trinajstić information content (AvgIpc) is 2.60. The highest BCUT2D eigenvalue weighted by molar-refractivity contribution is 5.04. The van der Waals surface area contributed by atoms with Crippen molar-refractivity contribution >= 4 is 0 Å². The molecule has 0 amide bonds. The van der Waals surface area contributed by atoms with Crippen molar-refractivity contribution in [2.75, 3.05) is 13.2 Å². The van der Waals surface area contributed by atoms with Gasteiger partial charge in [-0.25, -0.2) is 0 Å². The van der Waals surface area contributed by atoms with Crippen LogP contribution in [-0.2, 0) is 9.47 Å². The van der Waals surface area contributed by atoms with Crippen molar-refractivity contribution in [2.45, 2.75) is 50.4 Å². The molecular weight excluding hydrogens is 168 g/mol. The second-order valence-corrected chi connectivity index (χ2v) is 4.56. The molecule has 1 spiro atoms. The van der Waals surface area contributed by atoms with E-state index in [-0.39, 0.29) is 23.9 Å². The zero-order valence-electron chi connectivity index (χ0n) is 8.38. The standard InChI is InChI=1S/C10H18O3/c1-9(2)10(5-6-12-9)4-3-8(7-11)13-10/h8,11H,3-7H2,1-2H3/t8-,10-/m0/s1. The van der Waals surface area contributed by atoms with Gasteiger partial charge >= 0.3 is 0 Å². The Hall–Kier alpha value is -0.120. The summed E-state index contributed by atoms with van der Waals surface area (Å²) in [5.74, 6) is 0. The van der Waals surface area contributed by atoms with Gasteiger partial charge in [0, 0.05) is 6.42 Å². The van der Waals surface area contributed by atoms with Gasteiger partial charge in [-0.2, -0.15) is 0 Å². The molecule has 0 unspecified atom stereocenters. The predicted octanol–water partition coefficient (Wildman–Crippen LogP) is 1.10. The molecule has 2 saturated heterocycles. The van der Waals surface area contributed by atoms with Crippen molar-refractivity contribution in [3.05, 3.63) is 0 Å². The summed E-state index contributed by atoms with van der Waals surface area (Å²) in [5, 5.41) is 9.01. The highest BCUT2D eigenvalue weighted by Crippen LogP contribution is 2.47. The molecule has 2 fully saturated rings. The van der Waals surface area contributed by atoms with Crippen LogP contribution < -0.4 is 0 Å². The summed E-state index contributed by atoms with van der Waals surface area (Å²) in [4.78, 5) is 0. The van der Waals surface area contributed by atoms with Gasteiger partial charge in [-0.15, -0.1) is 0 Å². The Labute approximate surface area is 79.0 Å². The minimum atomic E-state index is -0.184. The average molecular weight is 186 g/mol. The fourth-order valence-electron chi connectivity index (χ4n) is 2.49. The van der Waals surface area contributed by atoms with E-state index < -0.39 is 0 Å². The zero-order valence-corrected chi connectivity index (χ0v) is 8.38. The summed E-state index contributed by atoms with van der Waals surface area (Å²) in [6, 6.07) is 0. The van der Waals surface area contributed by atoms with Gasteiger partial charge in [-0.3, -0.25) is 0 Å². The molecule has 2 aliphatic heterocycles. The van der Waals surface area contributed by atoms with Crippen LogP contribution in [-0.4, -0.2) is 35.6 Å². The first-order valence-electron chi connectivity index (χ1n) is 5.02. The van der Waals surface area contributed by atoms with Crippen LogP contribution in [0.3, 0.4) is 0 Å². The van der Waals surface area contributed by atoms with E-state index in [9.17, 15) is 0 Å². The molecule has 0 aliphatic carbocycles. The van der Waals surface area contributed by atoms with Crippen LogP contribution in [0.4, 0.5) is 0 Å².